The second-order valence-corrected chi connectivity index (χ2v) is 4.51. The molecule has 0 aromatic carbocycles. The van der Waals surface area contributed by atoms with E-state index in [0.29, 0.717) is 11.7 Å². The number of carbonyl (C=O) groups excluding carboxylic acids is 1. The summed E-state index contributed by atoms with van der Waals surface area (Å²) in [6, 6.07) is 3.62. The molecule has 1 amide bonds. The molecule has 0 aliphatic heterocycles. The standard InChI is InChI=1S/C15H23NO2/c1-3-5-7-13(4-2)12-16-15(17)10-9-14-8-6-11-18-14/h6,8-11,13H,3-5,7,12H2,1-2H3,(H,16,17). The second-order valence-electron chi connectivity index (χ2n) is 4.51. The molecule has 0 aliphatic rings. The van der Waals surface area contributed by atoms with E-state index in [1.807, 2.05) is 6.07 Å². The summed E-state index contributed by atoms with van der Waals surface area (Å²) in [6.45, 7) is 5.13. The van der Waals surface area contributed by atoms with E-state index in [-0.39, 0.29) is 5.91 Å². The van der Waals surface area contributed by atoms with Crippen molar-refractivity contribution in [3.63, 3.8) is 0 Å². The van der Waals surface area contributed by atoms with E-state index in [1.54, 1.807) is 18.4 Å². The maximum Gasteiger partial charge on any atom is 0.244 e. The Morgan fingerprint density at radius 1 is 1.50 bits per heavy atom. The third kappa shape index (κ3) is 5.71. The van der Waals surface area contributed by atoms with Crippen LogP contribution in [0.3, 0.4) is 0 Å². The quantitative estimate of drug-likeness (QED) is 0.715. The summed E-state index contributed by atoms with van der Waals surface area (Å²) in [5.41, 5.74) is 0. The van der Waals surface area contributed by atoms with Crippen LogP contribution in [0.1, 0.15) is 45.3 Å². The lowest BCUT2D eigenvalue weighted by atomic mass is 9.99. The van der Waals surface area contributed by atoms with Gasteiger partial charge in [0.1, 0.15) is 5.76 Å². The summed E-state index contributed by atoms with van der Waals surface area (Å²) in [5, 5.41) is 2.94. The van der Waals surface area contributed by atoms with Gasteiger partial charge in [-0.25, -0.2) is 0 Å². The van der Waals surface area contributed by atoms with Crippen LogP contribution >= 0.6 is 0 Å². The monoisotopic (exact) mass is 249 g/mol. The van der Waals surface area contributed by atoms with Crippen LogP contribution in [0.15, 0.2) is 28.9 Å². The van der Waals surface area contributed by atoms with Crippen molar-refractivity contribution in [3.05, 3.63) is 30.2 Å². The van der Waals surface area contributed by atoms with Gasteiger partial charge in [-0.1, -0.05) is 33.1 Å². The first-order valence-electron chi connectivity index (χ1n) is 6.75. The molecule has 3 nitrogen and oxygen atoms in total. The molecule has 0 saturated carbocycles. The number of carbonyl (C=O) groups is 1. The van der Waals surface area contributed by atoms with Gasteiger partial charge in [0.25, 0.3) is 0 Å². The average molecular weight is 249 g/mol. The predicted molar refractivity (Wildman–Crippen MR) is 74.1 cm³/mol. The third-order valence-corrected chi connectivity index (χ3v) is 3.05. The van der Waals surface area contributed by atoms with Gasteiger partial charge in [0.15, 0.2) is 0 Å². The van der Waals surface area contributed by atoms with Crippen molar-refractivity contribution < 1.29 is 9.21 Å². The smallest absolute Gasteiger partial charge is 0.244 e. The van der Waals surface area contributed by atoms with Gasteiger partial charge in [-0.2, -0.15) is 0 Å². The van der Waals surface area contributed by atoms with Crippen LogP contribution in [0.25, 0.3) is 6.08 Å². The number of unbranched alkanes of at least 4 members (excludes halogenated alkanes) is 1. The minimum atomic E-state index is -0.0543. The molecule has 1 heterocycles. The molecule has 0 fully saturated rings. The number of hydrogen-bond acceptors (Lipinski definition) is 2. The fourth-order valence-electron chi connectivity index (χ4n) is 1.79. The van der Waals surface area contributed by atoms with Crippen LogP contribution < -0.4 is 5.32 Å². The topological polar surface area (TPSA) is 42.2 Å². The molecule has 1 aromatic heterocycles. The molecule has 1 rings (SSSR count). The molecule has 0 saturated heterocycles. The summed E-state index contributed by atoms with van der Waals surface area (Å²) in [4.78, 5) is 11.6. The molecule has 0 radical (unpaired) electrons. The van der Waals surface area contributed by atoms with Crippen LogP contribution in [-0.4, -0.2) is 12.5 Å². The Bertz CT molecular complexity index is 355. The summed E-state index contributed by atoms with van der Waals surface area (Å²) in [7, 11) is 0. The molecule has 1 N–H and O–H groups in total. The minimum Gasteiger partial charge on any atom is -0.465 e. The molecule has 0 aliphatic carbocycles. The van der Waals surface area contributed by atoms with Crippen molar-refractivity contribution in [1.29, 1.82) is 0 Å². The van der Waals surface area contributed by atoms with Crippen molar-refractivity contribution in [3.8, 4) is 0 Å². The summed E-state index contributed by atoms with van der Waals surface area (Å²) < 4.78 is 5.12. The Morgan fingerprint density at radius 3 is 2.94 bits per heavy atom. The SMILES string of the molecule is CCCCC(CC)CNC(=O)C=Cc1ccco1. The highest BCUT2D eigenvalue weighted by molar-refractivity contribution is 5.91. The number of hydrogen-bond donors (Lipinski definition) is 1. The zero-order valence-electron chi connectivity index (χ0n) is 11.3. The van der Waals surface area contributed by atoms with E-state index in [9.17, 15) is 4.79 Å². The first kappa shape index (κ1) is 14.6. The van der Waals surface area contributed by atoms with Crippen molar-refractivity contribution in [2.75, 3.05) is 6.54 Å². The van der Waals surface area contributed by atoms with E-state index in [0.717, 1.165) is 13.0 Å². The second kappa shape index (κ2) is 8.56. The van der Waals surface area contributed by atoms with Gasteiger partial charge in [-0.05, 0) is 30.5 Å². The Labute approximate surface area is 109 Å². The summed E-state index contributed by atoms with van der Waals surface area (Å²) in [6.07, 6.45) is 9.54. The predicted octanol–water partition coefficient (Wildman–Crippen LogP) is 3.63. The Balaban J connectivity index is 2.27. The molecule has 100 valence electrons. The van der Waals surface area contributed by atoms with Gasteiger partial charge in [0, 0.05) is 12.6 Å². The fourth-order valence-corrected chi connectivity index (χ4v) is 1.79. The first-order valence-corrected chi connectivity index (χ1v) is 6.75. The molecule has 1 aromatic rings. The number of amides is 1. The van der Waals surface area contributed by atoms with Crippen molar-refractivity contribution >= 4 is 12.0 Å². The molecular formula is C15H23NO2. The number of rotatable bonds is 8. The highest BCUT2D eigenvalue weighted by Crippen LogP contribution is 2.11. The lowest BCUT2D eigenvalue weighted by molar-refractivity contribution is -0.116. The zero-order chi connectivity index (χ0) is 13.2. The van der Waals surface area contributed by atoms with Gasteiger partial charge in [0.2, 0.25) is 5.91 Å². The van der Waals surface area contributed by atoms with Crippen molar-refractivity contribution in [1.82, 2.24) is 5.32 Å². The van der Waals surface area contributed by atoms with Crippen molar-refractivity contribution in [2.45, 2.75) is 39.5 Å². The van der Waals surface area contributed by atoms with Gasteiger partial charge in [-0.15, -0.1) is 0 Å². The maximum absolute atomic E-state index is 11.6. The number of furan rings is 1. The van der Waals surface area contributed by atoms with E-state index in [4.69, 9.17) is 4.42 Å². The summed E-state index contributed by atoms with van der Waals surface area (Å²) >= 11 is 0. The van der Waals surface area contributed by atoms with E-state index in [1.165, 1.54) is 25.3 Å². The fraction of sp³-hybridized carbons (Fsp3) is 0.533. The zero-order valence-corrected chi connectivity index (χ0v) is 11.3. The largest absolute Gasteiger partial charge is 0.465 e. The van der Waals surface area contributed by atoms with Crippen LogP contribution in [0.5, 0.6) is 0 Å². The summed E-state index contributed by atoms with van der Waals surface area (Å²) in [5.74, 6) is 1.23. The Morgan fingerprint density at radius 2 is 2.33 bits per heavy atom. The number of nitrogens with one attached hydrogen (secondary N) is 1. The molecular weight excluding hydrogens is 226 g/mol. The maximum atomic E-state index is 11.6. The van der Waals surface area contributed by atoms with Gasteiger partial charge >= 0.3 is 0 Å². The molecule has 0 spiro atoms. The Kier molecular flexibility index (Phi) is 6.92. The normalized spacial score (nSPS) is 12.8. The van der Waals surface area contributed by atoms with E-state index in [2.05, 4.69) is 19.2 Å². The molecule has 0 bridgehead atoms. The molecule has 3 heteroatoms. The van der Waals surface area contributed by atoms with E-state index >= 15 is 0 Å². The molecule has 18 heavy (non-hydrogen) atoms. The van der Waals surface area contributed by atoms with E-state index < -0.39 is 0 Å². The van der Waals surface area contributed by atoms with Crippen LogP contribution in [0.2, 0.25) is 0 Å². The average Bonchev–Trinajstić information content (AvgIpc) is 2.89. The molecule has 1 atom stereocenters. The van der Waals surface area contributed by atoms with Gasteiger partial charge in [0.05, 0.1) is 6.26 Å². The van der Waals surface area contributed by atoms with Gasteiger partial charge in [-0.3, -0.25) is 4.79 Å². The van der Waals surface area contributed by atoms with Crippen LogP contribution in [-0.2, 0) is 4.79 Å². The lowest BCUT2D eigenvalue weighted by Gasteiger charge is -2.14. The first-order chi connectivity index (χ1) is 8.76. The third-order valence-electron chi connectivity index (χ3n) is 3.05. The van der Waals surface area contributed by atoms with Crippen LogP contribution in [0, 0.1) is 5.92 Å². The Hall–Kier alpha value is -1.51. The van der Waals surface area contributed by atoms with Crippen LogP contribution in [0.4, 0.5) is 0 Å². The van der Waals surface area contributed by atoms with Crippen molar-refractivity contribution in [2.24, 2.45) is 5.92 Å². The minimum absolute atomic E-state index is 0.0543. The highest BCUT2D eigenvalue weighted by atomic mass is 16.3. The lowest BCUT2D eigenvalue weighted by Crippen LogP contribution is -2.27. The highest BCUT2D eigenvalue weighted by Gasteiger charge is 2.06. The van der Waals surface area contributed by atoms with Gasteiger partial charge < -0.3 is 9.73 Å². The molecule has 1 unspecified atom stereocenters.